The molecule has 106 valence electrons. The van der Waals surface area contributed by atoms with Crippen LogP contribution in [0.4, 0.5) is 5.69 Å². The summed E-state index contributed by atoms with van der Waals surface area (Å²) in [5, 5.41) is 7.31. The molecule has 1 saturated carbocycles. The van der Waals surface area contributed by atoms with Crippen LogP contribution < -0.4 is 10.9 Å². The first-order chi connectivity index (χ1) is 9.22. The van der Waals surface area contributed by atoms with Crippen LogP contribution >= 0.6 is 15.9 Å². The number of rotatable bonds is 8. The summed E-state index contributed by atoms with van der Waals surface area (Å²) in [7, 11) is 0. The van der Waals surface area contributed by atoms with E-state index in [0.29, 0.717) is 24.2 Å². The zero-order valence-electron chi connectivity index (χ0n) is 11.2. The lowest BCUT2D eigenvalue weighted by Crippen LogP contribution is -2.25. The van der Waals surface area contributed by atoms with E-state index in [1.165, 1.54) is 17.5 Å². The van der Waals surface area contributed by atoms with Crippen LogP contribution in [0.25, 0.3) is 0 Å². The highest BCUT2D eigenvalue weighted by atomic mass is 79.9. The predicted octanol–water partition coefficient (Wildman–Crippen LogP) is 2.25. The molecule has 0 atom stereocenters. The van der Waals surface area contributed by atoms with Crippen molar-refractivity contribution in [3.63, 3.8) is 0 Å². The number of hydrogen-bond acceptors (Lipinski definition) is 4. The molecule has 1 aliphatic carbocycles. The highest BCUT2D eigenvalue weighted by Gasteiger charge is 2.20. The number of aromatic nitrogens is 2. The van der Waals surface area contributed by atoms with Crippen molar-refractivity contribution in [2.45, 2.75) is 32.7 Å². The van der Waals surface area contributed by atoms with Crippen LogP contribution in [0.5, 0.6) is 0 Å². The van der Waals surface area contributed by atoms with Crippen LogP contribution in [0.2, 0.25) is 0 Å². The molecule has 0 saturated heterocycles. The Morgan fingerprint density at radius 2 is 2.37 bits per heavy atom. The van der Waals surface area contributed by atoms with Gasteiger partial charge in [-0.15, -0.1) is 0 Å². The molecule has 0 amide bonds. The molecule has 0 bridgehead atoms. The van der Waals surface area contributed by atoms with Gasteiger partial charge in [-0.3, -0.25) is 4.79 Å². The van der Waals surface area contributed by atoms with Gasteiger partial charge in [0.2, 0.25) is 0 Å². The molecule has 1 fully saturated rings. The largest absolute Gasteiger partial charge is 0.380 e. The van der Waals surface area contributed by atoms with Crippen molar-refractivity contribution in [3.05, 3.63) is 21.0 Å². The van der Waals surface area contributed by atoms with Crippen molar-refractivity contribution in [2.24, 2.45) is 5.92 Å². The molecule has 19 heavy (non-hydrogen) atoms. The van der Waals surface area contributed by atoms with Crippen molar-refractivity contribution in [1.82, 2.24) is 9.78 Å². The number of aryl methyl sites for hydroxylation is 1. The summed E-state index contributed by atoms with van der Waals surface area (Å²) in [6, 6.07) is 0. The SMILES string of the molecule is CCCn1ncc(NCCOCC2CC2)c(Br)c1=O. The number of nitrogens with zero attached hydrogens (tertiary/aromatic N) is 2. The monoisotopic (exact) mass is 329 g/mol. The summed E-state index contributed by atoms with van der Waals surface area (Å²) in [4.78, 5) is 11.9. The van der Waals surface area contributed by atoms with E-state index in [1.807, 2.05) is 6.92 Å². The van der Waals surface area contributed by atoms with Crippen molar-refractivity contribution < 1.29 is 4.74 Å². The summed E-state index contributed by atoms with van der Waals surface area (Å²) in [5.41, 5.74) is 0.637. The number of ether oxygens (including phenoxy) is 1. The van der Waals surface area contributed by atoms with Gasteiger partial charge >= 0.3 is 0 Å². The molecular formula is C13H20BrN3O2. The van der Waals surface area contributed by atoms with Crippen molar-refractivity contribution >= 4 is 21.6 Å². The minimum atomic E-state index is -0.0919. The lowest BCUT2D eigenvalue weighted by molar-refractivity contribution is 0.134. The minimum Gasteiger partial charge on any atom is -0.380 e. The number of anilines is 1. The maximum atomic E-state index is 11.9. The fraction of sp³-hybridized carbons (Fsp3) is 0.692. The minimum absolute atomic E-state index is 0.0919. The molecule has 0 spiro atoms. The van der Waals surface area contributed by atoms with Crippen LogP contribution in [0.15, 0.2) is 15.5 Å². The van der Waals surface area contributed by atoms with Crippen molar-refractivity contribution in [2.75, 3.05) is 25.1 Å². The third-order valence-corrected chi connectivity index (χ3v) is 3.80. The maximum absolute atomic E-state index is 11.9. The summed E-state index contributed by atoms with van der Waals surface area (Å²) >= 11 is 3.33. The lowest BCUT2D eigenvalue weighted by atomic mass is 10.4. The van der Waals surface area contributed by atoms with Gasteiger partial charge in [0.15, 0.2) is 0 Å². The molecule has 0 radical (unpaired) electrons. The second-order valence-electron chi connectivity index (χ2n) is 4.85. The Morgan fingerprint density at radius 1 is 1.58 bits per heavy atom. The Kier molecular flexibility index (Phi) is 5.39. The second-order valence-corrected chi connectivity index (χ2v) is 5.64. The molecule has 5 nitrogen and oxygen atoms in total. The van der Waals surface area contributed by atoms with E-state index in [1.54, 1.807) is 6.20 Å². The highest BCUT2D eigenvalue weighted by Crippen LogP contribution is 2.28. The standard InChI is InChI=1S/C13H20BrN3O2/c1-2-6-17-13(18)12(14)11(8-16-17)15-5-7-19-9-10-3-4-10/h8,10,15H,2-7,9H2,1H3. The van der Waals surface area contributed by atoms with Crippen LogP contribution in [-0.4, -0.2) is 29.5 Å². The zero-order valence-corrected chi connectivity index (χ0v) is 12.8. The van der Waals surface area contributed by atoms with Gasteiger partial charge in [0.05, 0.1) is 18.5 Å². The summed E-state index contributed by atoms with van der Waals surface area (Å²) in [6.45, 7) is 4.86. The van der Waals surface area contributed by atoms with E-state index < -0.39 is 0 Å². The van der Waals surface area contributed by atoms with Crippen molar-refractivity contribution in [3.8, 4) is 0 Å². The summed E-state index contributed by atoms with van der Waals surface area (Å²) in [5.74, 6) is 0.784. The Balaban J connectivity index is 1.82. The molecule has 1 heterocycles. The van der Waals surface area contributed by atoms with E-state index in [9.17, 15) is 4.79 Å². The van der Waals surface area contributed by atoms with Crippen LogP contribution in [0, 0.1) is 5.92 Å². The highest BCUT2D eigenvalue weighted by molar-refractivity contribution is 9.10. The summed E-state index contributed by atoms with van der Waals surface area (Å²) < 4.78 is 7.54. The van der Waals surface area contributed by atoms with E-state index in [2.05, 4.69) is 26.3 Å². The smallest absolute Gasteiger partial charge is 0.283 e. The molecule has 1 aliphatic rings. The van der Waals surface area contributed by atoms with E-state index >= 15 is 0 Å². The number of halogens is 1. The molecule has 0 unspecified atom stereocenters. The number of nitrogens with one attached hydrogen (secondary N) is 1. The maximum Gasteiger partial charge on any atom is 0.283 e. The quantitative estimate of drug-likeness (QED) is 0.743. The third kappa shape index (κ3) is 4.31. The fourth-order valence-electron chi connectivity index (χ4n) is 1.75. The zero-order chi connectivity index (χ0) is 13.7. The Labute approximate surface area is 121 Å². The molecule has 1 aromatic heterocycles. The van der Waals surface area contributed by atoms with Gasteiger partial charge in [-0.05, 0) is 41.1 Å². The van der Waals surface area contributed by atoms with Gasteiger partial charge < -0.3 is 10.1 Å². The van der Waals surface area contributed by atoms with Gasteiger partial charge in [-0.25, -0.2) is 4.68 Å². The van der Waals surface area contributed by atoms with Crippen LogP contribution in [0.3, 0.4) is 0 Å². The topological polar surface area (TPSA) is 56.1 Å². The second kappa shape index (κ2) is 7.05. The van der Waals surface area contributed by atoms with E-state index in [0.717, 1.165) is 24.6 Å². The molecule has 2 rings (SSSR count). The lowest BCUT2D eigenvalue weighted by Gasteiger charge is -2.10. The first kappa shape index (κ1) is 14.5. The fourth-order valence-corrected chi connectivity index (χ4v) is 2.20. The first-order valence-corrected chi connectivity index (χ1v) is 7.59. The van der Waals surface area contributed by atoms with E-state index in [4.69, 9.17) is 4.74 Å². The number of hydrogen-bond donors (Lipinski definition) is 1. The van der Waals surface area contributed by atoms with Gasteiger partial charge in [0.25, 0.3) is 5.56 Å². The molecule has 1 N–H and O–H groups in total. The molecule has 0 aliphatic heterocycles. The Hall–Kier alpha value is -0.880. The normalized spacial score (nSPS) is 14.6. The van der Waals surface area contributed by atoms with Gasteiger partial charge in [-0.1, -0.05) is 6.92 Å². The molecular weight excluding hydrogens is 310 g/mol. The Bertz CT molecular complexity index is 471. The third-order valence-electron chi connectivity index (χ3n) is 3.03. The molecule has 6 heteroatoms. The van der Waals surface area contributed by atoms with Crippen LogP contribution in [-0.2, 0) is 11.3 Å². The first-order valence-electron chi connectivity index (χ1n) is 6.79. The molecule has 0 aromatic carbocycles. The van der Waals surface area contributed by atoms with Crippen molar-refractivity contribution in [1.29, 1.82) is 0 Å². The molecule has 1 aromatic rings. The van der Waals surface area contributed by atoms with Gasteiger partial charge in [-0.2, -0.15) is 5.10 Å². The van der Waals surface area contributed by atoms with E-state index in [-0.39, 0.29) is 5.56 Å². The van der Waals surface area contributed by atoms with Crippen LogP contribution in [0.1, 0.15) is 26.2 Å². The van der Waals surface area contributed by atoms with Gasteiger partial charge in [0, 0.05) is 19.7 Å². The predicted molar refractivity (Wildman–Crippen MR) is 78.5 cm³/mol. The Morgan fingerprint density at radius 3 is 3.05 bits per heavy atom. The summed E-state index contributed by atoms with van der Waals surface area (Å²) in [6.07, 6.45) is 5.18. The average Bonchev–Trinajstić information content (AvgIpc) is 3.21. The average molecular weight is 330 g/mol. The van der Waals surface area contributed by atoms with Gasteiger partial charge in [0.1, 0.15) is 4.47 Å².